The average Bonchev–Trinajstić information content (AvgIpc) is 2.66. The fourth-order valence-electron chi connectivity index (χ4n) is 3.18. The molecule has 1 atom stereocenters. The minimum Gasteiger partial charge on any atom is -0.445 e. The van der Waals surface area contributed by atoms with Gasteiger partial charge in [0.2, 0.25) is 6.73 Å². The topological polar surface area (TPSA) is 42.8 Å². The van der Waals surface area contributed by atoms with Crippen LogP contribution in [0.25, 0.3) is 0 Å². The van der Waals surface area contributed by atoms with E-state index < -0.39 is 0 Å². The number of carbonyl (C=O) groups is 1. The summed E-state index contributed by atoms with van der Waals surface area (Å²) in [4.78, 5) is 13.6. The number of rotatable bonds is 7. The number of carbonyl (C=O) groups excluding carboxylic acids is 1. The number of nitrogens with one attached hydrogen (secondary N) is 2. The largest absolute Gasteiger partial charge is 0.445 e. The van der Waals surface area contributed by atoms with Crippen molar-refractivity contribution in [3.05, 3.63) is 64.2 Å². The Labute approximate surface area is 160 Å². The Balaban J connectivity index is 1.52. The fraction of sp³-hybridized carbons (Fsp3) is 0.381. The Morgan fingerprint density at radius 2 is 2.04 bits per heavy atom. The lowest BCUT2D eigenvalue weighted by atomic mass is 10.1. The van der Waals surface area contributed by atoms with E-state index in [2.05, 4.69) is 30.4 Å². The van der Waals surface area contributed by atoms with Crippen LogP contribution in [0.5, 0.6) is 5.75 Å². The molecule has 138 valence electrons. The second-order valence-corrected chi connectivity index (χ2v) is 7.21. The van der Waals surface area contributed by atoms with Crippen LogP contribution in [0.2, 0.25) is 5.02 Å². The molecular weight excluding hydrogens is 348 g/mol. The van der Waals surface area contributed by atoms with Gasteiger partial charge in [-0.2, -0.15) is 0 Å². The van der Waals surface area contributed by atoms with E-state index in [1.807, 2.05) is 0 Å². The van der Waals surface area contributed by atoms with Crippen LogP contribution in [0.15, 0.2) is 42.5 Å². The Bertz CT molecular complexity index is 746. The highest BCUT2D eigenvalue weighted by molar-refractivity contribution is 6.30. The summed E-state index contributed by atoms with van der Waals surface area (Å²) in [5.74, 6) is 0.928. The molecule has 0 fully saturated rings. The minimum absolute atomic E-state index is 0.0712. The van der Waals surface area contributed by atoms with E-state index in [4.69, 9.17) is 16.3 Å². The van der Waals surface area contributed by atoms with Crippen LogP contribution >= 0.6 is 11.6 Å². The van der Waals surface area contributed by atoms with Crippen LogP contribution in [-0.4, -0.2) is 25.7 Å². The first-order chi connectivity index (χ1) is 12.7. The number of hydrogen-bond donors (Lipinski definition) is 2. The lowest BCUT2D eigenvalue weighted by molar-refractivity contribution is -0.932. The lowest BCUT2D eigenvalue weighted by Gasteiger charge is -2.26. The standard InChI is InChI=1S/C21H25ClN2O2/c1-2-3-12-24-14-18-13-16(4-9-20(18)26-15-24)10-11-23-21(25)17-5-7-19(22)8-6-17/h4-9,13H,2-3,10-12,14-15H2,1H3,(H,23,25)/p+1. The molecule has 1 heterocycles. The van der Waals surface area contributed by atoms with E-state index >= 15 is 0 Å². The van der Waals surface area contributed by atoms with Crippen LogP contribution < -0.4 is 15.0 Å². The Hall–Kier alpha value is -2.04. The molecule has 2 aromatic rings. The van der Waals surface area contributed by atoms with Crippen molar-refractivity contribution >= 4 is 17.5 Å². The van der Waals surface area contributed by atoms with Gasteiger partial charge in [-0.25, -0.2) is 0 Å². The highest BCUT2D eigenvalue weighted by Crippen LogP contribution is 2.21. The molecular formula is C21H26ClN2O2+. The molecule has 1 amide bonds. The van der Waals surface area contributed by atoms with Gasteiger partial charge in [-0.3, -0.25) is 9.69 Å². The number of amides is 1. The van der Waals surface area contributed by atoms with Crippen molar-refractivity contribution in [2.75, 3.05) is 19.8 Å². The molecule has 0 spiro atoms. The predicted molar refractivity (Wildman–Crippen MR) is 104 cm³/mol. The summed E-state index contributed by atoms with van der Waals surface area (Å²) in [5.41, 5.74) is 3.12. The maximum absolute atomic E-state index is 12.1. The van der Waals surface area contributed by atoms with Gasteiger partial charge >= 0.3 is 0 Å². The van der Waals surface area contributed by atoms with Crippen LogP contribution in [0.1, 0.15) is 41.3 Å². The zero-order chi connectivity index (χ0) is 18.4. The summed E-state index contributed by atoms with van der Waals surface area (Å²) < 4.78 is 5.88. The van der Waals surface area contributed by atoms with Gasteiger partial charge in [0.05, 0.1) is 6.54 Å². The van der Waals surface area contributed by atoms with Gasteiger partial charge in [-0.05, 0) is 54.8 Å². The zero-order valence-corrected chi connectivity index (χ0v) is 15.9. The van der Waals surface area contributed by atoms with E-state index in [1.165, 1.54) is 28.9 Å². The molecule has 0 aliphatic carbocycles. The van der Waals surface area contributed by atoms with E-state index in [-0.39, 0.29) is 5.91 Å². The Kier molecular flexibility index (Phi) is 6.53. The minimum atomic E-state index is -0.0712. The molecule has 2 N–H and O–H groups in total. The van der Waals surface area contributed by atoms with Gasteiger partial charge < -0.3 is 10.1 Å². The predicted octanol–water partition coefficient (Wildman–Crippen LogP) is 2.85. The maximum atomic E-state index is 12.1. The highest BCUT2D eigenvalue weighted by Gasteiger charge is 2.20. The van der Waals surface area contributed by atoms with Crippen LogP contribution in [0.4, 0.5) is 0 Å². The summed E-state index contributed by atoms with van der Waals surface area (Å²) >= 11 is 5.85. The molecule has 3 rings (SSSR count). The van der Waals surface area contributed by atoms with E-state index in [0.29, 0.717) is 17.1 Å². The molecule has 0 radical (unpaired) electrons. The number of quaternary nitrogens is 1. The van der Waals surface area contributed by atoms with E-state index in [0.717, 1.165) is 32.0 Å². The monoisotopic (exact) mass is 373 g/mol. The molecule has 0 bridgehead atoms. The first kappa shape index (κ1) is 18.7. The molecule has 26 heavy (non-hydrogen) atoms. The van der Waals surface area contributed by atoms with Gasteiger partial charge in [-0.1, -0.05) is 31.0 Å². The van der Waals surface area contributed by atoms with E-state index in [9.17, 15) is 4.79 Å². The third-order valence-corrected chi connectivity index (χ3v) is 4.94. The lowest BCUT2D eigenvalue weighted by Crippen LogP contribution is -3.12. The summed E-state index contributed by atoms with van der Waals surface area (Å²) in [6.07, 6.45) is 3.24. The second-order valence-electron chi connectivity index (χ2n) is 6.77. The van der Waals surface area contributed by atoms with Gasteiger partial charge in [0, 0.05) is 22.7 Å². The molecule has 0 saturated carbocycles. The number of unbranched alkanes of at least 4 members (excludes halogenated alkanes) is 1. The van der Waals surface area contributed by atoms with Crippen LogP contribution in [0, 0.1) is 0 Å². The quantitative estimate of drug-likeness (QED) is 0.783. The third-order valence-electron chi connectivity index (χ3n) is 4.69. The number of fused-ring (bicyclic) bond motifs is 1. The van der Waals surface area contributed by atoms with Gasteiger partial charge in [0.15, 0.2) is 0 Å². The smallest absolute Gasteiger partial charge is 0.251 e. The number of halogens is 1. The van der Waals surface area contributed by atoms with Gasteiger partial charge in [-0.15, -0.1) is 0 Å². The van der Waals surface area contributed by atoms with Gasteiger partial charge in [0.25, 0.3) is 5.91 Å². The molecule has 1 aliphatic heterocycles. The number of benzene rings is 2. The number of hydrogen-bond acceptors (Lipinski definition) is 2. The summed E-state index contributed by atoms with van der Waals surface area (Å²) in [6.45, 7) is 5.74. The summed E-state index contributed by atoms with van der Waals surface area (Å²) in [6, 6.07) is 13.3. The molecule has 0 saturated heterocycles. The molecule has 1 aliphatic rings. The summed E-state index contributed by atoms with van der Waals surface area (Å²) in [5, 5.41) is 3.60. The zero-order valence-electron chi connectivity index (χ0n) is 15.2. The van der Waals surface area contributed by atoms with Crippen molar-refractivity contribution < 1.29 is 14.4 Å². The first-order valence-electron chi connectivity index (χ1n) is 9.27. The Morgan fingerprint density at radius 1 is 1.23 bits per heavy atom. The van der Waals surface area contributed by atoms with Crippen molar-refractivity contribution in [2.45, 2.75) is 32.7 Å². The Morgan fingerprint density at radius 3 is 2.81 bits per heavy atom. The SMILES string of the molecule is CCCC[NH+]1COc2ccc(CCNC(=O)c3ccc(Cl)cc3)cc2C1. The molecule has 1 unspecified atom stereocenters. The van der Waals surface area contributed by atoms with Crippen molar-refractivity contribution in [3.63, 3.8) is 0 Å². The van der Waals surface area contributed by atoms with Crippen molar-refractivity contribution in [1.82, 2.24) is 5.32 Å². The van der Waals surface area contributed by atoms with Crippen molar-refractivity contribution in [1.29, 1.82) is 0 Å². The molecule has 0 aromatic heterocycles. The van der Waals surface area contributed by atoms with E-state index in [1.54, 1.807) is 24.3 Å². The average molecular weight is 374 g/mol. The molecule has 5 heteroatoms. The maximum Gasteiger partial charge on any atom is 0.251 e. The second kappa shape index (κ2) is 9.06. The first-order valence-corrected chi connectivity index (χ1v) is 9.65. The van der Waals surface area contributed by atoms with Crippen molar-refractivity contribution in [3.8, 4) is 5.75 Å². The normalized spacial score (nSPS) is 15.8. The fourth-order valence-corrected chi connectivity index (χ4v) is 3.30. The molecule has 2 aromatic carbocycles. The third kappa shape index (κ3) is 4.99. The van der Waals surface area contributed by atoms with Gasteiger partial charge in [0.1, 0.15) is 12.3 Å². The van der Waals surface area contributed by atoms with Crippen molar-refractivity contribution in [2.24, 2.45) is 0 Å². The number of ether oxygens (including phenoxy) is 1. The van der Waals surface area contributed by atoms with Crippen LogP contribution in [-0.2, 0) is 13.0 Å². The van der Waals surface area contributed by atoms with Crippen LogP contribution in [0.3, 0.4) is 0 Å². The summed E-state index contributed by atoms with van der Waals surface area (Å²) in [7, 11) is 0. The highest BCUT2D eigenvalue weighted by atomic mass is 35.5. The molecule has 4 nitrogen and oxygen atoms in total.